The maximum Gasteiger partial charge on any atom is 0.346 e. The van der Waals surface area contributed by atoms with Crippen LogP contribution in [0.3, 0.4) is 0 Å². The first-order chi connectivity index (χ1) is 8.71. The predicted molar refractivity (Wildman–Crippen MR) is 68.3 cm³/mol. The van der Waals surface area contributed by atoms with Crippen molar-refractivity contribution < 1.29 is 4.79 Å². The van der Waals surface area contributed by atoms with E-state index in [1.165, 1.54) is 17.3 Å². The van der Waals surface area contributed by atoms with E-state index in [1.54, 1.807) is 0 Å². The van der Waals surface area contributed by atoms with E-state index in [2.05, 4.69) is 22.0 Å². The molecule has 0 bridgehead atoms. The van der Waals surface area contributed by atoms with Gasteiger partial charge in [0.15, 0.2) is 0 Å². The summed E-state index contributed by atoms with van der Waals surface area (Å²) in [6, 6.07) is -0.0425. The van der Waals surface area contributed by atoms with Crippen molar-refractivity contribution in [2.75, 3.05) is 26.7 Å². The number of nitrogens with zero attached hydrogens (tertiary/aromatic N) is 5. The van der Waals surface area contributed by atoms with Crippen molar-refractivity contribution in [2.45, 2.75) is 32.2 Å². The average molecular weight is 251 g/mol. The molecule has 1 aromatic heterocycles. The van der Waals surface area contributed by atoms with Gasteiger partial charge < -0.3 is 9.80 Å². The van der Waals surface area contributed by atoms with Crippen LogP contribution in [0.4, 0.5) is 4.79 Å². The minimum absolute atomic E-state index is 0.0425. The maximum absolute atomic E-state index is 12.1. The predicted octanol–water partition coefficient (Wildman–Crippen LogP) is 1.05. The molecule has 1 spiro atoms. The molecule has 3 heterocycles. The van der Waals surface area contributed by atoms with Crippen LogP contribution < -0.4 is 0 Å². The highest BCUT2D eigenvalue weighted by Crippen LogP contribution is 2.38. The Kier molecular flexibility index (Phi) is 3.65. The van der Waals surface area contributed by atoms with Crippen molar-refractivity contribution in [1.82, 2.24) is 24.6 Å². The molecule has 6 heteroatoms. The first-order valence-electron chi connectivity index (χ1n) is 6.56. The van der Waals surface area contributed by atoms with Crippen LogP contribution in [0.15, 0.2) is 12.7 Å². The van der Waals surface area contributed by atoms with Crippen LogP contribution >= 0.6 is 0 Å². The number of likely N-dealkylation sites (N-methyl/N-ethyl adjacent to an activating group) is 1. The van der Waals surface area contributed by atoms with Gasteiger partial charge in [-0.25, -0.2) is 9.78 Å². The second-order valence-corrected chi connectivity index (χ2v) is 4.74. The molecule has 0 saturated carbocycles. The van der Waals surface area contributed by atoms with E-state index in [4.69, 9.17) is 0 Å². The number of rotatable bonds is 0. The van der Waals surface area contributed by atoms with E-state index in [0.29, 0.717) is 0 Å². The van der Waals surface area contributed by atoms with Gasteiger partial charge in [0.05, 0.1) is 5.54 Å². The molecule has 0 N–H and O–H groups in total. The zero-order valence-electron chi connectivity index (χ0n) is 11.3. The zero-order chi connectivity index (χ0) is 13.2. The molecule has 1 unspecified atom stereocenters. The molecule has 1 atom stereocenters. The van der Waals surface area contributed by atoms with Crippen LogP contribution in [0.1, 0.15) is 26.7 Å². The molecule has 0 aromatic carbocycles. The Morgan fingerprint density at radius 1 is 1.28 bits per heavy atom. The highest BCUT2D eigenvalue weighted by Gasteiger charge is 2.51. The van der Waals surface area contributed by atoms with Gasteiger partial charge in [0.25, 0.3) is 0 Å². The standard InChI is InChI=1S/C10H15N5O.C2H6/c1-13-4-2-10(6-13)3-5-14(10)9(16)15-8-11-7-12-15;1-2/h7-8H,2-6H2,1H3;1-2H3. The molecule has 2 aliphatic heterocycles. The number of hydrogen-bond acceptors (Lipinski definition) is 4. The molecule has 0 aliphatic carbocycles. The second kappa shape index (κ2) is 5.06. The summed E-state index contributed by atoms with van der Waals surface area (Å²) in [6.45, 7) is 6.89. The molecule has 100 valence electrons. The van der Waals surface area contributed by atoms with Crippen molar-refractivity contribution in [3.05, 3.63) is 12.7 Å². The lowest BCUT2D eigenvalue weighted by Gasteiger charge is -2.50. The molecular formula is C12H21N5O. The molecule has 1 amide bonds. The van der Waals surface area contributed by atoms with Gasteiger partial charge in [-0.1, -0.05) is 13.8 Å². The fraction of sp³-hybridized carbons (Fsp3) is 0.750. The number of aromatic nitrogens is 3. The van der Waals surface area contributed by atoms with E-state index < -0.39 is 0 Å². The van der Waals surface area contributed by atoms with Crippen LogP contribution in [-0.4, -0.2) is 62.8 Å². The van der Waals surface area contributed by atoms with Crippen molar-refractivity contribution in [3.8, 4) is 0 Å². The fourth-order valence-corrected chi connectivity index (χ4v) is 2.75. The normalized spacial score (nSPS) is 26.7. The van der Waals surface area contributed by atoms with Gasteiger partial charge in [-0.3, -0.25) is 0 Å². The largest absolute Gasteiger partial charge is 0.346 e. The van der Waals surface area contributed by atoms with Crippen LogP contribution in [0.25, 0.3) is 0 Å². The van der Waals surface area contributed by atoms with Gasteiger partial charge in [0.2, 0.25) is 0 Å². The molecule has 6 nitrogen and oxygen atoms in total. The molecule has 2 saturated heterocycles. The Bertz CT molecular complexity index is 405. The summed E-state index contributed by atoms with van der Waals surface area (Å²) in [5.74, 6) is 0. The number of amides is 1. The Balaban J connectivity index is 0.000000574. The third-order valence-electron chi connectivity index (χ3n) is 3.74. The molecule has 18 heavy (non-hydrogen) atoms. The third-order valence-corrected chi connectivity index (χ3v) is 3.74. The minimum Gasteiger partial charge on any atom is -0.316 e. The van der Waals surface area contributed by atoms with Gasteiger partial charge >= 0.3 is 6.03 Å². The monoisotopic (exact) mass is 251 g/mol. The van der Waals surface area contributed by atoms with E-state index in [-0.39, 0.29) is 11.6 Å². The van der Waals surface area contributed by atoms with Crippen molar-refractivity contribution in [3.63, 3.8) is 0 Å². The van der Waals surface area contributed by atoms with Crippen molar-refractivity contribution in [2.24, 2.45) is 0 Å². The molecule has 3 rings (SSSR count). The van der Waals surface area contributed by atoms with Crippen molar-refractivity contribution >= 4 is 6.03 Å². The van der Waals surface area contributed by atoms with E-state index >= 15 is 0 Å². The summed E-state index contributed by atoms with van der Waals surface area (Å²) >= 11 is 0. The first kappa shape index (κ1) is 13.0. The third kappa shape index (κ3) is 2.01. The summed E-state index contributed by atoms with van der Waals surface area (Å²) in [6.07, 6.45) is 5.04. The van der Waals surface area contributed by atoms with E-state index in [1.807, 2.05) is 18.7 Å². The van der Waals surface area contributed by atoms with Gasteiger partial charge in [-0.15, -0.1) is 0 Å². The topological polar surface area (TPSA) is 54.3 Å². The maximum atomic E-state index is 12.1. The van der Waals surface area contributed by atoms with Crippen LogP contribution in [-0.2, 0) is 0 Å². The van der Waals surface area contributed by atoms with Gasteiger partial charge in [-0.2, -0.15) is 9.78 Å². The second-order valence-electron chi connectivity index (χ2n) is 4.74. The van der Waals surface area contributed by atoms with E-state index in [9.17, 15) is 4.79 Å². The first-order valence-corrected chi connectivity index (χ1v) is 6.56. The Morgan fingerprint density at radius 3 is 2.44 bits per heavy atom. The lowest BCUT2D eigenvalue weighted by molar-refractivity contribution is 0.0318. The summed E-state index contributed by atoms with van der Waals surface area (Å²) in [4.78, 5) is 20.1. The van der Waals surface area contributed by atoms with Gasteiger partial charge in [0.1, 0.15) is 12.7 Å². The number of carbonyl (C=O) groups is 1. The van der Waals surface area contributed by atoms with E-state index in [0.717, 1.165) is 32.5 Å². The zero-order valence-corrected chi connectivity index (χ0v) is 11.3. The van der Waals surface area contributed by atoms with Crippen molar-refractivity contribution in [1.29, 1.82) is 0 Å². The SMILES string of the molecule is CC.CN1CCC2(CCN2C(=O)n2cncn2)C1. The lowest BCUT2D eigenvalue weighted by atomic mass is 9.84. The average Bonchev–Trinajstić information content (AvgIpc) is 3.00. The number of likely N-dealkylation sites (tertiary alicyclic amines) is 2. The van der Waals surface area contributed by atoms with Gasteiger partial charge in [0, 0.05) is 19.6 Å². The molecule has 0 radical (unpaired) electrons. The molecule has 1 aromatic rings. The number of hydrogen-bond donors (Lipinski definition) is 0. The van der Waals surface area contributed by atoms with Crippen LogP contribution in [0.2, 0.25) is 0 Å². The summed E-state index contributed by atoms with van der Waals surface area (Å²) in [5.41, 5.74) is 0.0672. The Labute approximate surface area is 108 Å². The molecule has 2 fully saturated rings. The van der Waals surface area contributed by atoms with Crippen LogP contribution in [0, 0.1) is 0 Å². The molecule has 2 aliphatic rings. The fourth-order valence-electron chi connectivity index (χ4n) is 2.75. The van der Waals surface area contributed by atoms with Gasteiger partial charge in [-0.05, 0) is 19.9 Å². The Morgan fingerprint density at radius 2 is 2.00 bits per heavy atom. The summed E-state index contributed by atoms with van der Waals surface area (Å²) in [7, 11) is 2.10. The quantitative estimate of drug-likeness (QED) is 0.691. The minimum atomic E-state index is -0.0425. The van der Waals surface area contributed by atoms with Crippen LogP contribution in [0.5, 0.6) is 0 Å². The smallest absolute Gasteiger partial charge is 0.316 e. The Hall–Kier alpha value is -1.43. The lowest BCUT2D eigenvalue weighted by Crippen LogP contribution is -2.64. The number of carbonyl (C=O) groups excluding carboxylic acids is 1. The summed E-state index contributed by atoms with van der Waals surface area (Å²) in [5, 5.41) is 3.89. The highest BCUT2D eigenvalue weighted by molar-refractivity contribution is 5.77. The highest BCUT2D eigenvalue weighted by atomic mass is 16.2. The summed E-state index contributed by atoms with van der Waals surface area (Å²) < 4.78 is 1.32. The molecular weight excluding hydrogens is 230 g/mol.